The van der Waals surface area contributed by atoms with Gasteiger partial charge in [0.05, 0.1) is 11.0 Å². The number of aromatic nitrogens is 1. The standard InChI is InChI=1S/C70H59BN2S/c1-67(2,3)42-29-32-44(33-30-42)73-56-38-53-47(45-25-17-19-27-51(45)69(53,7)8)36-49(56)62-63-60(46-26-18-20-28-52(46)70(63,9)10)61-48-35-43(68(4,5)6)31-34-55(48)72-57-37-50-58(39-54(57)71(73)64(62)65(61)72)74-66(41-23-15-12-16-24-41)59(50)40-21-13-11-14-22-40/h11-39H,1-10H3. The monoisotopic (exact) mass is 970 g/mol. The maximum atomic E-state index is 2.78. The summed E-state index contributed by atoms with van der Waals surface area (Å²) in [6.07, 6.45) is 0. The third-order valence-electron chi connectivity index (χ3n) is 17.8. The van der Waals surface area contributed by atoms with Crippen LogP contribution in [0.3, 0.4) is 0 Å². The molecule has 2 aliphatic heterocycles. The van der Waals surface area contributed by atoms with Crippen molar-refractivity contribution in [3.05, 3.63) is 209 Å². The van der Waals surface area contributed by atoms with Crippen LogP contribution >= 0.6 is 11.3 Å². The lowest BCUT2D eigenvalue weighted by Crippen LogP contribution is -2.61. The lowest BCUT2D eigenvalue weighted by atomic mass is 9.43. The molecule has 0 radical (unpaired) electrons. The maximum Gasteiger partial charge on any atom is 0.333 e. The summed E-state index contributed by atoms with van der Waals surface area (Å²) >= 11 is 1.94. The molecule has 0 saturated heterocycles. The molecule has 0 amide bonds. The van der Waals surface area contributed by atoms with E-state index in [1.807, 2.05) is 11.3 Å². The van der Waals surface area contributed by atoms with Crippen LogP contribution in [0.1, 0.15) is 103 Å². The fourth-order valence-electron chi connectivity index (χ4n) is 14.2. The van der Waals surface area contributed by atoms with Gasteiger partial charge in [-0.25, -0.2) is 0 Å². The van der Waals surface area contributed by atoms with E-state index in [1.165, 1.54) is 148 Å². The molecule has 4 aliphatic rings. The Morgan fingerprint density at radius 3 is 1.78 bits per heavy atom. The smallest absolute Gasteiger partial charge is 0.333 e. The highest BCUT2D eigenvalue weighted by molar-refractivity contribution is 7.23. The van der Waals surface area contributed by atoms with Gasteiger partial charge in [0, 0.05) is 64.8 Å². The summed E-state index contributed by atoms with van der Waals surface area (Å²) in [6.45, 7) is 23.8. The van der Waals surface area contributed by atoms with Gasteiger partial charge in [0.2, 0.25) is 0 Å². The zero-order valence-electron chi connectivity index (χ0n) is 44.1. The van der Waals surface area contributed by atoms with E-state index in [9.17, 15) is 0 Å². The Bertz CT molecular complexity index is 4250. The summed E-state index contributed by atoms with van der Waals surface area (Å²) in [6, 6.07) is 68.3. The molecular weight excluding hydrogens is 912 g/mol. The molecule has 0 spiro atoms. The molecule has 0 N–H and O–H groups in total. The molecule has 74 heavy (non-hydrogen) atoms. The third-order valence-corrected chi connectivity index (χ3v) is 19.0. The fraction of sp³-hybridized carbons (Fsp3) is 0.200. The first-order valence-electron chi connectivity index (χ1n) is 26.7. The number of benzene rings is 9. The van der Waals surface area contributed by atoms with Gasteiger partial charge in [-0.3, -0.25) is 0 Å². The Balaban J connectivity index is 1.17. The van der Waals surface area contributed by atoms with Crippen LogP contribution in [0.2, 0.25) is 0 Å². The van der Waals surface area contributed by atoms with Crippen LogP contribution in [0.5, 0.6) is 0 Å². The van der Waals surface area contributed by atoms with Gasteiger partial charge in [0.15, 0.2) is 0 Å². The van der Waals surface area contributed by atoms with Crippen molar-refractivity contribution in [2.45, 2.75) is 90.9 Å². The highest BCUT2D eigenvalue weighted by atomic mass is 32.1. The van der Waals surface area contributed by atoms with Gasteiger partial charge in [-0.2, -0.15) is 0 Å². The predicted molar refractivity (Wildman–Crippen MR) is 319 cm³/mol. The fourth-order valence-corrected chi connectivity index (χ4v) is 15.5. The highest BCUT2D eigenvalue weighted by Gasteiger charge is 2.51. The van der Waals surface area contributed by atoms with E-state index in [1.54, 1.807) is 0 Å². The molecule has 4 heteroatoms. The average molecular weight is 971 g/mol. The van der Waals surface area contributed by atoms with Crippen molar-refractivity contribution >= 4 is 72.4 Å². The van der Waals surface area contributed by atoms with Crippen molar-refractivity contribution in [1.82, 2.24) is 4.57 Å². The normalized spacial score (nSPS) is 15.3. The maximum absolute atomic E-state index is 2.78. The number of rotatable bonds is 3. The van der Waals surface area contributed by atoms with Crippen molar-refractivity contribution in [1.29, 1.82) is 0 Å². The van der Waals surface area contributed by atoms with Crippen molar-refractivity contribution in [3.8, 4) is 60.6 Å². The molecule has 11 aromatic rings. The van der Waals surface area contributed by atoms with Gasteiger partial charge >= 0.3 is 6.85 Å². The molecule has 4 heterocycles. The Morgan fingerprint density at radius 1 is 0.473 bits per heavy atom. The molecule has 2 aliphatic carbocycles. The Labute approximate surface area is 440 Å². The second kappa shape index (κ2) is 14.7. The van der Waals surface area contributed by atoms with E-state index in [4.69, 9.17) is 0 Å². The van der Waals surface area contributed by atoms with Gasteiger partial charge in [-0.05, 0) is 143 Å². The molecule has 0 bridgehead atoms. The van der Waals surface area contributed by atoms with Gasteiger partial charge in [0.25, 0.3) is 0 Å². The SMILES string of the molecule is CC(C)(C)c1ccc(N2B3c4cc5sc(-c6ccccc6)c(-c6ccccc6)c5cc4-n4c5ccc(C(C)(C)C)cc5c5c6c(c(c3c54)-c3cc4c(cc32)C(C)(C)c2ccccc2-4)C(C)(C)c2ccccc2-6)cc1. The van der Waals surface area contributed by atoms with Crippen LogP contribution in [-0.2, 0) is 21.7 Å². The van der Waals surface area contributed by atoms with Crippen molar-refractivity contribution < 1.29 is 0 Å². The number of thiophene rings is 1. The van der Waals surface area contributed by atoms with Crippen LogP contribution in [0.15, 0.2) is 176 Å². The molecule has 0 unspecified atom stereocenters. The van der Waals surface area contributed by atoms with Crippen LogP contribution in [0, 0.1) is 0 Å². The van der Waals surface area contributed by atoms with E-state index in [2.05, 4.69) is 255 Å². The molecule has 0 fully saturated rings. The first-order chi connectivity index (χ1) is 35.5. The second-order valence-electron chi connectivity index (χ2n) is 24.9. The summed E-state index contributed by atoms with van der Waals surface area (Å²) in [5.41, 5.74) is 29.0. The van der Waals surface area contributed by atoms with Crippen LogP contribution in [0.4, 0.5) is 11.4 Å². The van der Waals surface area contributed by atoms with Crippen molar-refractivity contribution in [2.75, 3.05) is 4.81 Å². The second-order valence-corrected chi connectivity index (χ2v) is 25.9. The van der Waals surface area contributed by atoms with Gasteiger partial charge in [-0.15, -0.1) is 11.3 Å². The summed E-state index contributed by atoms with van der Waals surface area (Å²) in [5.74, 6) is 0. The van der Waals surface area contributed by atoms with Gasteiger partial charge in [-0.1, -0.05) is 197 Å². The Kier molecular flexibility index (Phi) is 8.75. The van der Waals surface area contributed by atoms with E-state index in [0.717, 1.165) is 0 Å². The number of anilines is 2. The van der Waals surface area contributed by atoms with Gasteiger partial charge < -0.3 is 9.38 Å². The number of hydrogen-bond donors (Lipinski definition) is 0. The molecule has 15 rings (SSSR count). The molecule has 358 valence electrons. The van der Waals surface area contributed by atoms with Crippen LogP contribution < -0.4 is 15.7 Å². The summed E-state index contributed by atoms with van der Waals surface area (Å²) in [7, 11) is 0. The molecular formula is C70H59BN2S. The number of hydrogen-bond acceptors (Lipinski definition) is 2. The largest absolute Gasteiger partial charge is 0.376 e. The highest BCUT2D eigenvalue weighted by Crippen LogP contribution is 2.61. The molecule has 9 aromatic carbocycles. The van der Waals surface area contributed by atoms with E-state index < -0.39 is 0 Å². The lowest BCUT2D eigenvalue weighted by molar-refractivity contribution is 0.590. The summed E-state index contributed by atoms with van der Waals surface area (Å²) < 4.78 is 4.03. The third kappa shape index (κ3) is 5.73. The first-order valence-corrected chi connectivity index (χ1v) is 27.5. The first kappa shape index (κ1) is 44.1. The quantitative estimate of drug-likeness (QED) is 0.160. The number of fused-ring (bicyclic) bond motifs is 17. The minimum atomic E-state index is -0.288. The molecule has 0 saturated carbocycles. The Morgan fingerprint density at radius 2 is 1.09 bits per heavy atom. The van der Waals surface area contributed by atoms with E-state index in [0.29, 0.717) is 0 Å². The van der Waals surface area contributed by atoms with Crippen molar-refractivity contribution in [3.63, 3.8) is 0 Å². The molecule has 0 atom stereocenters. The van der Waals surface area contributed by atoms with Gasteiger partial charge in [0.1, 0.15) is 0 Å². The molecule has 2 aromatic heterocycles. The number of nitrogens with zero attached hydrogens (tertiary/aromatic N) is 2. The summed E-state index contributed by atoms with van der Waals surface area (Å²) in [5, 5.41) is 4.01. The average Bonchev–Trinajstić information content (AvgIpc) is 4.09. The van der Waals surface area contributed by atoms with Crippen LogP contribution in [-0.4, -0.2) is 11.4 Å². The minimum absolute atomic E-state index is 0.0108. The molecule has 2 nitrogen and oxygen atoms in total. The topological polar surface area (TPSA) is 8.17 Å². The minimum Gasteiger partial charge on any atom is -0.376 e. The van der Waals surface area contributed by atoms with Crippen molar-refractivity contribution in [2.24, 2.45) is 0 Å². The predicted octanol–water partition coefficient (Wildman–Crippen LogP) is 17.8. The van der Waals surface area contributed by atoms with E-state index >= 15 is 0 Å². The summed E-state index contributed by atoms with van der Waals surface area (Å²) in [4.78, 5) is 4.09. The zero-order valence-corrected chi connectivity index (χ0v) is 44.9. The van der Waals surface area contributed by atoms with Crippen LogP contribution in [0.25, 0.3) is 92.5 Å². The lowest BCUT2D eigenvalue weighted by Gasteiger charge is -2.44. The Hall–Kier alpha value is -7.40. The zero-order chi connectivity index (χ0) is 50.5. The van der Waals surface area contributed by atoms with E-state index in [-0.39, 0.29) is 28.5 Å².